The number of aromatic nitrogens is 1. The van der Waals surface area contributed by atoms with Crippen molar-refractivity contribution >= 4 is 16.0 Å². The molecule has 0 spiro atoms. The van der Waals surface area contributed by atoms with Gasteiger partial charge in [-0.15, -0.1) is 0 Å². The van der Waals surface area contributed by atoms with Gasteiger partial charge in [-0.1, -0.05) is 13.3 Å². The normalized spacial score (nSPS) is 12.1. The van der Waals surface area contributed by atoms with Gasteiger partial charge in [-0.05, 0) is 20.3 Å². The molecular formula is C12H20N2O4S. The summed E-state index contributed by atoms with van der Waals surface area (Å²) in [6.45, 7) is 5.48. The summed E-state index contributed by atoms with van der Waals surface area (Å²) in [6.07, 6.45) is 1.66. The van der Waals surface area contributed by atoms with Crippen LogP contribution in [0.25, 0.3) is 0 Å². The van der Waals surface area contributed by atoms with Crippen LogP contribution in [0.4, 0.5) is 0 Å². The Morgan fingerprint density at radius 2 is 1.95 bits per heavy atom. The Labute approximate surface area is 113 Å². The maximum Gasteiger partial charge on any atom is 0.352 e. The summed E-state index contributed by atoms with van der Waals surface area (Å²) in [5.41, 5.74) is 0.548. The van der Waals surface area contributed by atoms with Gasteiger partial charge in [-0.25, -0.2) is 17.5 Å². The number of nitrogens with one attached hydrogen (secondary N) is 1. The van der Waals surface area contributed by atoms with E-state index in [1.807, 2.05) is 6.92 Å². The molecular weight excluding hydrogens is 268 g/mol. The molecule has 0 fully saturated rings. The molecule has 0 unspecified atom stereocenters. The molecule has 1 aromatic heterocycles. The molecule has 1 aromatic rings. The SMILES string of the molecule is CCCCN(C)S(=O)(=O)c1c(C)[nH]c(C(=O)O)c1C. The van der Waals surface area contributed by atoms with Crippen LogP contribution in [0, 0.1) is 13.8 Å². The molecule has 0 aliphatic heterocycles. The highest BCUT2D eigenvalue weighted by atomic mass is 32.2. The van der Waals surface area contributed by atoms with E-state index < -0.39 is 16.0 Å². The van der Waals surface area contributed by atoms with E-state index >= 15 is 0 Å². The molecule has 1 heterocycles. The summed E-state index contributed by atoms with van der Waals surface area (Å²) in [5.74, 6) is -1.15. The van der Waals surface area contributed by atoms with Crippen LogP contribution in [-0.2, 0) is 10.0 Å². The maximum atomic E-state index is 12.4. The number of unbranched alkanes of at least 4 members (excludes halogenated alkanes) is 1. The topological polar surface area (TPSA) is 90.5 Å². The number of nitrogens with zero attached hydrogens (tertiary/aromatic N) is 1. The minimum Gasteiger partial charge on any atom is -0.477 e. The Balaban J connectivity index is 3.26. The molecule has 6 nitrogen and oxygen atoms in total. The van der Waals surface area contributed by atoms with Gasteiger partial charge in [0.05, 0.1) is 0 Å². The molecule has 0 atom stereocenters. The Morgan fingerprint density at radius 1 is 1.37 bits per heavy atom. The van der Waals surface area contributed by atoms with E-state index in [0.717, 1.165) is 12.8 Å². The Kier molecular flexibility index (Phi) is 4.75. The molecule has 0 aromatic carbocycles. The van der Waals surface area contributed by atoms with Gasteiger partial charge in [-0.3, -0.25) is 0 Å². The van der Waals surface area contributed by atoms with Crippen LogP contribution in [0.3, 0.4) is 0 Å². The number of hydrogen-bond acceptors (Lipinski definition) is 3. The fraction of sp³-hybridized carbons (Fsp3) is 0.583. The molecule has 0 saturated heterocycles. The van der Waals surface area contributed by atoms with Crippen molar-refractivity contribution in [2.75, 3.05) is 13.6 Å². The van der Waals surface area contributed by atoms with Crippen LogP contribution in [0.15, 0.2) is 4.90 Å². The van der Waals surface area contributed by atoms with Gasteiger partial charge in [0.2, 0.25) is 10.0 Å². The van der Waals surface area contributed by atoms with Crippen LogP contribution in [0.2, 0.25) is 0 Å². The quantitative estimate of drug-likeness (QED) is 0.834. The van der Waals surface area contributed by atoms with Crippen LogP contribution in [0.5, 0.6) is 0 Å². The minimum absolute atomic E-state index is 0.0695. The van der Waals surface area contributed by atoms with Crippen molar-refractivity contribution in [3.8, 4) is 0 Å². The average molecular weight is 288 g/mol. The van der Waals surface area contributed by atoms with Crippen LogP contribution in [-0.4, -0.2) is 42.4 Å². The van der Waals surface area contributed by atoms with Crippen molar-refractivity contribution in [3.05, 3.63) is 17.0 Å². The van der Waals surface area contributed by atoms with Crippen molar-refractivity contribution in [2.45, 2.75) is 38.5 Å². The summed E-state index contributed by atoms with van der Waals surface area (Å²) < 4.78 is 26.1. The van der Waals surface area contributed by atoms with Gasteiger partial charge in [0.25, 0.3) is 0 Å². The van der Waals surface area contributed by atoms with Crippen molar-refractivity contribution in [1.29, 1.82) is 0 Å². The fourth-order valence-corrected chi connectivity index (χ4v) is 3.60. The fourth-order valence-electron chi connectivity index (χ4n) is 1.99. The number of carboxylic acids is 1. The predicted octanol–water partition coefficient (Wildman–Crippen LogP) is 1.75. The van der Waals surface area contributed by atoms with E-state index in [1.54, 1.807) is 6.92 Å². The molecule has 7 heteroatoms. The molecule has 2 N–H and O–H groups in total. The third-order valence-electron chi connectivity index (χ3n) is 3.08. The first kappa shape index (κ1) is 15.7. The van der Waals surface area contributed by atoms with Gasteiger partial charge >= 0.3 is 5.97 Å². The monoisotopic (exact) mass is 288 g/mol. The lowest BCUT2D eigenvalue weighted by Gasteiger charge is -2.17. The molecule has 0 aliphatic rings. The lowest BCUT2D eigenvalue weighted by Crippen LogP contribution is -2.28. The Hall–Kier alpha value is -1.34. The van der Waals surface area contributed by atoms with Crippen LogP contribution >= 0.6 is 0 Å². The minimum atomic E-state index is -3.65. The number of H-pyrrole nitrogens is 1. The van der Waals surface area contributed by atoms with Gasteiger partial charge in [0.1, 0.15) is 10.6 Å². The zero-order valence-electron chi connectivity index (χ0n) is 11.6. The largest absolute Gasteiger partial charge is 0.477 e. The number of sulfonamides is 1. The first-order chi connectivity index (χ1) is 8.73. The number of aryl methyl sites for hydroxylation is 1. The van der Waals surface area contributed by atoms with Crippen molar-refractivity contribution in [3.63, 3.8) is 0 Å². The molecule has 19 heavy (non-hydrogen) atoms. The summed E-state index contributed by atoms with van der Waals surface area (Å²) in [6, 6.07) is 0. The second kappa shape index (κ2) is 5.75. The second-order valence-corrected chi connectivity index (χ2v) is 6.55. The number of aromatic carboxylic acids is 1. The standard InChI is InChI=1S/C12H20N2O4S/c1-5-6-7-14(4)19(17,18)11-8(2)10(12(15)16)13-9(11)3/h13H,5-7H2,1-4H3,(H,15,16). The molecule has 0 amide bonds. The second-order valence-electron chi connectivity index (χ2n) is 4.56. The maximum absolute atomic E-state index is 12.4. The highest BCUT2D eigenvalue weighted by Crippen LogP contribution is 2.25. The lowest BCUT2D eigenvalue weighted by molar-refractivity contribution is 0.0690. The van der Waals surface area contributed by atoms with Crippen molar-refractivity contribution in [1.82, 2.24) is 9.29 Å². The van der Waals surface area contributed by atoms with E-state index in [0.29, 0.717) is 12.2 Å². The Morgan fingerprint density at radius 3 is 2.37 bits per heavy atom. The zero-order valence-corrected chi connectivity index (χ0v) is 12.5. The first-order valence-corrected chi connectivity index (χ1v) is 7.56. The lowest BCUT2D eigenvalue weighted by atomic mass is 10.2. The molecule has 108 valence electrons. The predicted molar refractivity (Wildman–Crippen MR) is 71.9 cm³/mol. The van der Waals surface area contributed by atoms with Gasteiger partial charge in [0, 0.05) is 24.8 Å². The summed E-state index contributed by atoms with van der Waals surface area (Å²) in [7, 11) is -2.14. The van der Waals surface area contributed by atoms with Crippen molar-refractivity contribution < 1.29 is 18.3 Å². The van der Waals surface area contributed by atoms with E-state index in [1.165, 1.54) is 18.3 Å². The summed E-state index contributed by atoms with van der Waals surface area (Å²) >= 11 is 0. The number of carboxylic acid groups (broad SMARTS) is 1. The summed E-state index contributed by atoms with van der Waals surface area (Å²) in [5, 5.41) is 9.01. The number of rotatable bonds is 6. The van der Waals surface area contributed by atoms with Crippen molar-refractivity contribution in [2.24, 2.45) is 0 Å². The highest BCUT2D eigenvalue weighted by molar-refractivity contribution is 7.89. The summed E-state index contributed by atoms with van der Waals surface area (Å²) in [4.78, 5) is 13.7. The first-order valence-electron chi connectivity index (χ1n) is 6.12. The molecule has 0 radical (unpaired) electrons. The van der Waals surface area contributed by atoms with E-state index in [4.69, 9.17) is 5.11 Å². The number of aromatic amines is 1. The Bertz CT molecular complexity index is 575. The van der Waals surface area contributed by atoms with E-state index in [-0.39, 0.29) is 16.2 Å². The van der Waals surface area contributed by atoms with E-state index in [2.05, 4.69) is 4.98 Å². The third kappa shape index (κ3) is 2.98. The van der Waals surface area contributed by atoms with Gasteiger partial charge < -0.3 is 10.1 Å². The molecule has 0 aliphatic carbocycles. The molecule has 0 bridgehead atoms. The number of carbonyl (C=O) groups is 1. The average Bonchev–Trinajstić information content (AvgIpc) is 2.62. The van der Waals surface area contributed by atoms with E-state index in [9.17, 15) is 13.2 Å². The zero-order chi connectivity index (χ0) is 14.8. The number of hydrogen-bond donors (Lipinski definition) is 2. The third-order valence-corrected chi connectivity index (χ3v) is 5.21. The molecule has 1 rings (SSSR count). The molecule has 0 saturated carbocycles. The van der Waals surface area contributed by atoms with Crippen LogP contribution in [0.1, 0.15) is 41.5 Å². The van der Waals surface area contributed by atoms with Gasteiger partial charge in [-0.2, -0.15) is 0 Å². The van der Waals surface area contributed by atoms with Crippen LogP contribution < -0.4 is 0 Å². The van der Waals surface area contributed by atoms with Gasteiger partial charge in [0.15, 0.2) is 0 Å². The smallest absolute Gasteiger partial charge is 0.352 e. The highest BCUT2D eigenvalue weighted by Gasteiger charge is 2.29.